The average Bonchev–Trinajstić information content (AvgIpc) is 2.93. The first kappa shape index (κ1) is 26.2. The van der Waals surface area contributed by atoms with Gasteiger partial charge in [-0.1, -0.05) is 44.2 Å². The normalized spacial score (nSPS) is 13.9. The lowest BCUT2D eigenvalue weighted by molar-refractivity contribution is 0.0600. The van der Waals surface area contributed by atoms with Crippen LogP contribution in [0.25, 0.3) is 0 Å². The first-order valence-electron chi connectivity index (χ1n) is 12.7. The number of ether oxygens (including phenoxy) is 2. The maximum Gasteiger partial charge on any atom is 0.337 e. The Hall–Kier alpha value is -3.84. The zero-order valence-electron chi connectivity index (χ0n) is 21.8. The first-order chi connectivity index (χ1) is 17.9. The molecule has 0 unspecified atom stereocenters. The van der Waals surface area contributed by atoms with Crippen molar-refractivity contribution < 1.29 is 19.1 Å². The van der Waals surface area contributed by atoms with E-state index in [1.807, 2.05) is 12.1 Å². The fourth-order valence-electron chi connectivity index (χ4n) is 4.31. The average molecular weight is 502 g/mol. The van der Waals surface area contributed by atoms with Gasteiger partial charge >= 0.3 is 5.97 Å². The highest BCUT2D eigenvalue weighted by Gasteiger charge is 2.22. The van der Waals surface area contributed by atoms with Crippen LogP contribution in [0, 0.1) is 5.92 Å². The predicted octanol–water partition coefficient (Wildman–Crippen LogP) is 5.08. The number of rotatable bonds is 9. The Labute approximate surface area is 219 Å². The third-order valence-electron chi connectivity index (χ3n) is 6.33. The van der Waals surface area contributed by atoms with E-state index in [2.05, 4.69) is 53.2 Å². The molecule has 0 saturated carbocycles. The second kappa shape index (κ2) is 12.4. The summed E-state index contributed by atoms with van der Waals surface area (Å²) in [6.07, 6.45) is 0. The number of piperazine rings is 1. The van der Waals surface area contributed by atoms with E-state index in [1.54, 1.807) is 36.4 Å². The van der Waals surface area contributed by atoms with E-state index >= 15 is 0 Å². The van der Waals surface area contributed by atoms with Gasteiger partial charge in [-0.15, -0.1) is 0 Å². The molecule has 1 heterocycles. The van der Waals surface area contributed by atoms with Crippen molar-refractivity contribution in [3.8, 4) is 5.75 Å². The molecule has 0 atom stereocenters. The first-order valence-corrected chi connectivity index (χ1v) is 12.7. The molecule has 0 spiro atoms. The molecule has 1 aliphatic heterocycles. The summed E-state index contributed by atoms with van der Waals surface area (Å²) in [5.41, 5.74) is 3.68. The maximum atomic E-state index is 13.1. The zero-order valence-corrected chi connectivity index (χ0v) is 21.8. The smallest absolute Gasteiger partial charge is 0.337 e. The van der Waals surface area contributed by atoms with Crippen molar-refractivity contribution >= 4 is 23.3 Å². The van der Waals surface area contributed by atoms with Gasteiger partial charge in [-0.2, -0.15) is 0 Å². The molecule has 37 heavy (non-hydrogen) atoms. The number of benzene rings is 3. The largest absolute Gasteiger partial charge is 0.493 e. The third kappa shape index (κ3) is 7.11. The van der Waals surface area contributed by atoms with Gasteiger partial charge in [-0.05, 0) is 53.9 Å². The summed E-state index contributed by atoms with van der Waals surface area (Å²) in [6, 6.07) is 22.9. The van der Waals surface area contributed by atoms with Crippen LogP contribution in [0.1, 0.15) is 40.1 Å². The lowest BCUT2D eigenvalue weighted by Gasteiger charge is -2.37. The summed E-state index contributed by atoms with van der Waals surface area (Å²) in [7, 11) is 1.35. The Morgan fingerprint density at radius 2 is 1.57 bits per heavy atom. The van der Waals surface area contributed by atoms with Crippen LogP contribution in [-0.2, 0) is 11.3 Å². The van der Waals surface area contributed by atoms with Crippen molar-refractivity contribution in [1.29, 1.82) is 0 Å². The molecular weight excluding hydrogens is 466 g/mol. The van der Waals surface area contributed by atoms with Crippen molar-refractivity contribution in [3.05, 3.63) is 89.5 Å². The molecule has 3 aromatic carbocycles. The number of hydrogen-bond donors (Lipinski definition) is 1. The number of amides is 1. The molecule has 1 fully saturated rings. The number of nitrogens with zero attached hydrogens (tertiary/aromatic N) is 2. The topological polar surface area (TPSA) is 71.1 Å². The SMILES string of the molecule is COC(=O)c1ccc(N2CCN(Cc3ccccc3)CC2)c(NC(=O)c2ccc(OCC(C)C)cc2)c1. The lowest BCUT2D eigenvalue weighted by atomic mass is 10.1. The standard InChI is InChI=1S/C30H35N3O4/c1-22(2)21-37-26-12-9-24(10-13-26)29(34)31-27-19-25(30(35)36-3)11-14-28(27)33-17-15-32(16-18-33)20-23-7-5-4-6-8-23/h4-14,19,22H,15-18,20-21H2,1-3H3,(H,31,34). The van der Waals surface area contributed by atoms with Gasteiger partial charge in [0.1, 0.15) is 5.75 Å². The lowest BCUT2D eigenvalue weighted by Crippen LogP contribution is -2.46. The van der Waals surface area contributed by atoms with Gasteiger partial charge in [-0.25, -0.2) is 4.79 Å². The fraction of sp³-hybridized carbons (Fsp3) is 0.333. The summed E-state index contributed by atoms with van der Waals surface area (Å²) in [5, 5.41) is 3.02. The van der Waals surface area contributed by atoms with Crippen LogP contribution in [0.5, 0.6) is 5.75 Å². The minimum Gasteiger partial charge on any atom is -0.493 e. The van der Waals surface area contributed by atoms with E-state index in [-0.39, 0.29) is 5.91 Å². The molecular formula is C30H35N3O4. The van der Waals surface area contributed by atoms with Gasteiger partial charge in [-0.3, -0.25) is 9.69 Å². The molecule has 1 saturated heterocycles. The molecule has 4 rings (SSSR count). The highest BCUT2D eigenvalue weighted by Crippen LogP contribution is 2.30. The van der Waals surface area contributed by atoms with Gasteiger partial charge in [0.25, 0.3) is 5.91 Å². The number of carbonyl (C=O) groups is 2. The number of hydrogen-bond acceptors (Lipinski definition) is 6. The van der Waals surface area contributed by atoms with Gasteiger partial charge in [0.2, 0.25) is 0 Å². The Balaban J connectivity index is 1.47. The molecule has 7 heteroatoms. The van der Waals surface area contributed by atoms with Crippen molar-refractivity contribution in [2.75, 3.05) is 50.1 Å². The molecule has 1 aliphatic rings. The van der Waals surface area contributed by atoms with Crippen molar-refractivity contribution in [2.24, 2.45) is 5.92 Å². The highest BCUT2D eigenvalue weighted by atomic mass is 16.5. The van der Waals surface area contributed by atoms with Gasteiger partial charge in [0.15, 0.2) is 0 Å². The quantitative estimate of drug-likeness (QED) is 0.412. The molecule has 194 valence electrons. The van der Waals surface area contributed by atoms with Crippen LogP contribution in [0.4, 0.5) is 11.4 Å². The summed E-state index contributed by atoms with van der Waals surface area (Å²) >= 11 is 0. The Kier molecular flexibility index (Phi) is 8.80. The molecule has 1 N–H and O–H groups in total. The highest BCUT2D eigenvalue weighted by molar-refractivity contribution is 6.07. The number of methoxy groups -OCH3 is 1. The second-order valence-corrected chi connectivity index (χ2v) is 9.66. The monoisotopic (exact) mass is 501 g/mol. The molecule has 0 bridgehead atoms. The van der Waals surface area contributed by atoms with E-state index in [4.69, 9.17) is 9.47 Å². The van der Waals surface area contributed by atoms with Crippen molar-refractivity contribution in [2.45, 2.75) is 20.4 Å². The maximum absolute atomic E-state index is 13.1. The van der Waals surface area contributed by atoms with Gasteiger partial charge in [0, 0.05) is 38.3 Å². The number of nitrogens with one attached hydrogen (secondary N) is 1. The van der Waals surface area contributed by atoms with E-state index in [9.17, 15) is 9.59 Å². The van der Waals surface area contributed by atoms with Crippen LogP contribution in [-0.4, -0.2) is 56.7 Å². The molecule has 0 radical (unpaired) electrons. The minimum atomic E-state index is -0.443. The molecule has 3 aromatic rings. The third-order valence-corrected chi connectivity index (χ3v) is 6.33. The van der Waals surface area contributed by atoms with Crippen LogP contribution < -0.4 is 15.0 Å². The fourth-order valence-corrected chi connectivity index (χ4v) is 4.31. The Bertz CT molecular complexity index is 1190. The van der Waals surface area contributed by atoms with E-state index < -0.39 is 5.97 Å². The van der Waals surface area contributed by atoms with Crippen molar-refractivity contribution in [1.82, 2.24) is 4.90 Å². The summed E-state index contributed by atoms with van der Waals surface area (Å²) < 4.78 is 10.6. The van der Waals surface area contributed by atoms with Gasteiger partial charge < -0.3 is 19.7 Å². The molecule has 1 amide bonds. The van der Waals surface area contributed by atoms with Crippen molar-refractivity contribution in [3.63, 3.8) is 0 Å². The summed E-state index contributed by atoms with van der Waals surface area (Å²) in [5.74, 6) is 0.457. The van der Waals surface area contributed by atoms with Crippen LogP contribution >= 0.6 is 0 Å². The Morgan fingerprint density at radius 1 is 0.892 bits per heavy atom. The second-order valence-electron chi connectivity index (χ2n) is 9.66. The van der Waals surface area contributed by atoms with E-state index in [0.717, 1.165) is 44.2 Å². The van der Waals surface area contributed by atoms with Crippen LogP contribution in [0.15, 0.2) is 72.8 Å². The number of anilines is 2. The molecule has 7 nitrogen and oxygen atoms in total. The van der Waals surface area contributed by atoms with E-state index in [0.29, 0.717) is 29.3 Å². The zero-order chi connectivity index (χ0) is 26.2. The predicted molar refractivity (Wildman–Crippen MR) is 146 cm³/mol. The van der Waals surface area contributed by atoms with Crippen LogP contribution in [0.3, 0.4) is 0 Å². The number of carbonyl (C=O) groups excluding carboxylic acids is 2. The molecule has 0 aliphatic carbocycles. The van der Waals surface area contributed by atoms with Crippen LogP contribution in [0.2, 0.25) is 0 Å². The summed E-state index contributed by atoms with van der Waals surface area (Å²) in [4.78, 5) is 30.0. The molecule has 0 aromatic heterocycles. The summed E-state index contributed by atoms with van der Waals surface area (Å²) in [6.45, 7) is 9.14. The van der Waals surface area contributed by atoms with Gasteiger partial charge in [0.05, 0.1) is 30.7 Å². The number of esters is 1. The Morgan fingerprint density at radius 3 is 2.22 bits per heavy atom. The minimum absolute atomic E-state index is 0.249. The van der Waals surface area contributed by atoms with E-state index in [1.165, 1.54) is 12.7 Å².